The number of nitrogens with zero attached hydrogens (tertiary/aromatic N) is 1. The van der Waals surface area contributed by atoms with Crippen LogP contribution in [0.1, 0.15) is 5.56 Å². The summed E-state index contributed by atoms with van der Waals surface area (Å²) in [4.78, 5) is 12.7. The Morgan fingerprint density at radius 2 is 1.56 bits per heavy atom. The lowest BCUT2D eigenvalue weighted by molar-refractivity contribution is -0.114. The molecule has 3 rings (SSSR count). The Balaban J connectivity index is 2.02. The lowest BCUT2D eigenvalue weighted by atomic mass is 10.2. The smallest absolute Gasteiger partial charge is 0.265 e. The molecule has 0 aliphatic carbocycles. The summed E-state index contributed by atoms with van der Waals surface area (Å²) in [6, 6.07) is 14.5. The van der Waals surface area contributed by atoms with E-state index >= 15 is 0 Å². The van der Waals surface area contributed by atoms with Crippen molar-refractivity contribution in [2.24, 2.45) is 0 Å². The van der Waals surface area contributed by atoms with E-state index in [4.69, 9.17) is 14.2 Å². The Kier molecular flexibility index (Phi) is 7.62. The number of carbonyl (C=O) groups is 1. The summed E-state index contributed by atoms with van der Waals surface area (Å²) in [6.07, 6.45) is 0. The highest BCUT2D eigenvalue weighted by molar-refractivity contribution is 7.92. The van der Waals surface area contributed by atoms with Gasteiger partial charge < -0.3 is 19.5 Å². The van der Waals surface area contributed by atoms with Gasteiger partial charge in [-0.2, -0.15) is 0 Å². The van der Waals surface area contributed by atoms with Crippen LogP contribution in [0, 0.1) is 12.7 Å². The average Bonchev–Trinajstić information content (AvgIpc) is 2.82. The molecule has 3 aromatic carbocycles. The van der Waals surface area contributed by atoms with Crippen molar-refractivity contribution in [3.8, 4) is 17.2 Å². The number of carbonyl (C=O) groups excluding carboxylic acids is 1. The molecule has 0 fully saturated rings. The highest BCUT2D eigenvalue weighted by Crippen LogP contribution is 2.33. The second kappa shape index (κ2) is 10.4. The lowest BCUT2D eigenvalue weighted by Crippen LogP contribution is -2.38. The van der Waals surface area contributed by atoms with E-state index in [2.05, 4.69) is 5.32 Å². The predicted molar refractivity (Wildman–Crippen MR) is 127 cm³/mol. The molecular weight excluding hydrogens is 463 g/mol. The summed E-state index contributed by atoms with van der Waals surface area (Å²) in [6.45, 7) is 1.15. The molecule has 1 amide bonds. The molecule has 0 heterocycles. The van der Waals surface area contributed by atoms with Gasteiger partial charge in [0.15, 0.2) is 11.5 Å². The molecule has 180 valence electrons. The maximum Gasteiger partial charge on any atom is 0.265 e. The molecular formula is C24H25FN2O6S. The molecule has 1 N–H and O–H groups in total. The van der Waals surface area contributed by atoms with E-state index < -0.39 is 28.3 Å². The molecule has 0 bridgehead atoms. The third-order valence-corrected chi connectivity index (χ3v) is 6.74. The number of anilines is 2. The number of amides is 1. The minimum atomic E-state index is -4.38. The van der Waals surface area contributed by atoms with E-state index in [0.717, 1.165) is 11.6 Å². The quantitative estimate of drug-likeness (QED) is 0.490. The predicted octanol–water partition coefficient (Wildman–Crippen LogP) is 3.99. The van der Waals surface area contributed by atoms with Crippen LogP contribution in [0.2, 0.25) is 0 Å². The van der Waals surface area contributed by atoms with Crippen LogP contribution >= 0.6 is 0 Å². The zero-order chi connectivity index (χ0) is 24.9. The topological polar surface area (TPSA) is 94.2 Å². The zero-order valence-corrected chi connectivity index (χ0v) is 20.0. The lowest BCUT2D eigenvalue weighted by Gasteiger charge is -2.25. The van der Waals surface area contributed by atoms with E-state index in [1.54, 1.807) is 12.1 Å². The molecule has 8 nitrogen and oxygen atoms in total. The number of halogens is 1. The van der Waals surface area contributed by atoms with Gasteiger partial charge in [-0.05, 0) is 48.9 Å². The summed E-state index contributed by atoms with van der Waals surface area (Å²) in [5.74, 6) is -0.586. The summed E-state index contributed by atoms with van der Waals surface area (Å²) in [7, 11) is -0.143. The van der Waals surface area contributed by atoms with Crippen LogP contribution in [0.5, 0.6) is 17.2 Å². The Labute approximate surface area is 197 Å². The van der Waals surface area contributed by atoms with Gasteiger partial charge in [0, 0.05) is 6.07 Å². The summed E-state index contributed by atoms with van der Waals surface area (Å²) in [5, 5.41) is 2.65. The van der Waals surface area contributed by atoms with Gasteiger partial charge >= 0.3 is 0 Å². The Morgan fingerprint density at radius 3 is 2.21 bits per heavy atom. The van der Waals surface area contributed by atoms with Gasteiger partial charge in [-0.25, -0.2) is 12.8 Å². The number of benzene rings is 3. The number of nitrogens with one attached hydrogen (secondary N) is 1. The number of rotatable bonds is 9. The fraction of sp³-hybridized carbons (Fsp3) is 0.208. The average molecular weight is 489 g/mol. The van der Waals surface area contributed by atoms with Crippen molar-refractivity contribution >= 4 is 27.3 Å². The second-order valence-corrected chi connectivity index (χ2v) is 9.09. The Morgan fingerprint density at radius 1 is 0.912 bits per heavy atom. The van der Waals surface area contributed by atoms with E-state index in [1.165, 1.54) is 57.7 Å². The van der Waals surface area contributed by atoms with Crippen LogP contribution in [0.3, 0.4) is 0 Å². The number of aryl methyl sites for hydroxylation is 1. The van der Waals surface area contributed by atoms with Crippen molar-refractivity contribution in [1.29, 1.82) is 0 Å². The van der Waals surface area contributed by atoms with E-state index in [-0.39, 0.29) is 16.3 Å². The Bertz CT molecular complexity index is 1300. The molecule has 3 aromatic rings. The van der Waals surface area contributed by atoms with Crippen molar-refractivity contribution in [3.63, 3.8) is 0 Å². The number of sulfonamides is 1. The largest absolute Gasteiger partial charge is 0.495 e. The third kappa shape index (κ3) is 5.23. The molecule has 0 aliphatic rings. The molecule has 0 radical (unpaired) electrons. The number of methoxy groups -OCH3 is 3. The first-order valence-corrected chi connectivity index (χ1v) is 11.6. The third-order valence-electron chi connectivity index (χ3n) is 4.98. The van der Waals surface area contributed by atoms with Crippen molar-refractivity contribution < 1.29 is 31.8 Å². The van der Waals surface area contributed by atoms with Crippen LogP contribution in [0.4, 0.5) is 15.8 Å². The molecule has 0 saturated carbocycles. The molecule has 0 spiro atoms. The van der Waals surface area contributed by atoms with Gasteiger partial charge in [-0.1, -0.05) is 18.2 Å². The van der Waals surface area contributed by atoms with E-state index in [1.807, 2.05) is 13.0 Å². The first-order valence-electron chi connectivity index (χ1n) is 10.1. The van der Waals surface area contributed by atoms with Crippen molar-refractivity contribution in [1.82, 2.24) is 0 Å². The highest BCUT2D eigenvalue weighted by Gasteiger charge is 2.30. The summed E-state index contributed by atoms with van der Waals surface area (Å²) in [5.41, 5.74) is 0.952. The Hall–Kier alpha value is -3.79. The van der Waals surface area contributed by atoms with Gasteiger partial charge in [0.05, 0.1) is 37.6 Å². The van der Waals surface area contributed by atoms with E-state index in [0.29, 0.717) is 21.5 Å². The van der Waals surface area contributed by atoms with Crippen molar-refractivity contribution in [3.05, 3.63) is 72.0 Å². The fourth-order valence-corrected chi connectivity index (χ4v) is 4.74. The van der Waals surface area contributed by atoms with Crippen LogP contribution in [0.25, 0.3) is 0 Å². The van der Waals surface area contributed by atoms with Crippen LogP contribution in [0.15, 0.2) is 65.6 Å². The maximum absolute atomic E-state index is 14.7. The highest BCUT2D eigenvalue weighted by atomic mass is 32.2. The minimum absolute atomic E-state index is 0.172. The fourth-order valence-electron chi connectivity index (χ4n) is 3.30. The molecule has 0 aromatic heterocycles. The molecule has 0 saturated heterocycles. The minimum Gasteiger partial charge on any atom is -0.495 e. The van der Waals surface area contributed by atoms with Crippen LogP contribution in [-0.4, -0.2) is 42.2 Å². The first kappa shape index (κ1) is 24.8. The maximum atomic E-state index is 14.7. The number of ether oxygens (including phenoxy) is 3. The monoisotopic (exact) mass is 488 g/mol. The number of para-hydroxylation sites is 1. The molecule has 0 atom stereocenters. The molecule has 10 heteroatoms. The van der Waals surface area contributed by atoms with Crippen molar-refractivity contribution in [2.45, 2.75) is 11.8 Å². The standard InChI is InChI=1S/C24H25FN2O6S/c1-16-9-11-21(31-2)19(13-16)26-24(28)15-27(20-8-6-5-7-18(20)25)34(29,30)17-10-12-22(32-3)23(14-17)33-4/h5-14H,15H2,1-4H3,(H,26,28). The van der Waals surface area contributed by atoms with Gasteiger partial charge in [-0.3, -0.25) is 9.10 Å². The zero-order valence-electron chi connectivity index (χ0n) is 19.2. The number of hydrogen-bond donors (Lipinski definition) is 1. The summed E-state index contributed by atoms with van der Waals surface area (Å²) < 4.78 is 58.2. The van der Waals surface area contributed by atoms with Crippen LogP contribution in [-0.2, 0) is 14.8 Å². The SMILES string of the molecule is COc1ccc(C)cc1NC(=O)CN(c1ccccc1F)S(=O)(=O)c1ccc(OC)c(OC)c1. The van der Waals surface area contributed by atoms with Gasteiger partial charge in [0.1, 0.15) is 18.1 Å². The second-order valence-electron chi connectivity index (χ2n) is 7.23. The molecule has 0 unspecified atom stereocenters. The number of hydrogen-bond acceptors (Lipinski definition) is 6. The van der Waals surface area contributed by atoms with Gasteiger partial charge in [0.2, 0.25) is 5.91 Å². The van der Waals surface area contributed by atoms with E-state index in [9.17, 15) is 17.6 Å². The summed E-state index contributed by atoms with van der Waals surface area (Å²) >= 11 is 0. The normalized spacial score (nSPS) is 11.0. The van der Waals surface area contributed by atoms with Gasteiger partial charge in [-0.15, -0.1) is 0 Å². The molecule has 34 heavy (non-hydrogen) atoms. The van der Waals surface area contributed by atoms with Crippen LogP contribution < -0.4 is 23.8 Å². The first-order chi connectivity index (χ1) is 16.2. The molecule has 0 aliphatic heterocycles. The van der Waals surface area contributed by atoms with Crippen molar-refractivity contribution in [2.75, 3.05) is 37.5 Å². The van der Waals surface area contributed by atoms with Gasteiger partial charge in [0.25, 0.3) is 10.0 Å².